The van der Waals surface area contributed by atoms with Gasteiger partial charge < -0.3 is 15.0 Å². The zero-order valence-corrected chi connectivity index (χ0v) is 16.9. The van der Waals surface area contributed by atoms with E-state index in [0.717, 1.165) is 11.1 Å². The topological polar surface area (TPSA) is 84.7 Å². The van der Waals surface area contributed by atoms with Gasteiger partial charge in [0.1, 0.15) is 0 Å². The molecule has 0 aromatic heterocycles. The van der Waals surface area contributed by atoms with E-state index < -0.39 is 10.8 Å². The van der Waals surface area contributed by atoms with E-state index in [-0.39, 0.29) is 11.6 Å². The highest BCUT2D eigenvalue weighted by Crippen LogP contribution is 2.33. The van der Waals surface area contributed by atoms with Crippen LogP contribution >= 0.6 is 0 Å². The summed E-state index contributed by atoms with van der Waals surface area (Å²) < 4.78 is 5.41. The molecular weight excluding hydrogens is 394 g/mol. The van der Waals surface area contributed by atoms with Gasteiger partial charge in [-0.15, -0.1) is 0 Å². The number of nitro benzene ring substituents is 1. The van der Waals surface area contributed by atoms with E-state index in [1.807, 2.05) is 65.6 Å². The number of hydrogen-bond donors (Lipinski definition) is 1. The van der Waals surface area contributed by atoms with E-state index in [1.54, 1.807) is 6.07 Å². The summed E-state index contributed by atoms with van der Waals surface area (Å²) >= 11 is 0. The number of benzene rings is 3. The predicted molar refractivity (Wildman–Crippen MR) is 119 cm³/mol. The van der Waals surface area contributed by atoms with Crippen LogP contribution in [0, 0.1) is 10.1 Å². The van der Waals surface area contributed by atoms with E-state index >= 15 is 0 Å². The van der Waals surface area contributed by atoms with Crippen molar-refractivity contribution in [1.82, 2.24) is 0 Å². The number of carbonyl (C=O) groups excluding carboxylic acids is 1. The average Bonchev–Trinajstić information content (AvgIpc) is 2.81. The van der Waals surface area contributed by atoms with Crippen LogP contribution in [0.3, 0.4) is 0 Å². The molecule has 1 heterocycles. The monoisotopic (exact) mass is 417 g/mol. The standard InChI is InChI=1S/C24H23N3O4/c28-24(23(18-7-3-1-4-8-18)19-9-5-2-6-10-19)25-21-12-11-20(27(29)30)17-22(21)26-13-15-31-16-14-26/h1-12,17,23H,13-16H2,(H,25,28). The van der Waals surface area contributed by atoms with Gasteiger partial charge in [-0.3, -0.25) is 14.9 Å². The van der Waals surface area contributed by atoms with Crippen LogP contribution in [-0.2, 0) is 9.53 Å². The molecule has 1 fully saturated rings. The molecular formula is C24H23N3O4. The molecule has 1 amide bonds. The Balaban J connectivity index is 1.69. The highest BCUT2D eigenvalue weighted by Gasteiger charge is 2.25. The second kappa shape index (κ2) is 9.40. The highest BCUT2D eigenvalue weighted by molar-refractivity contribution is 6.00. The first-order chi connectivity index (χ1) is 15.1. The fourth-order valence-corrected chi connectivity index (χ4v) is 3.80. The van der Waals surface area contributed by atoms with Gasteiger partial charge in [0.25, 0.3) is 5.69 Å². The summed E-state index contributed by atoms with van der Waals surface area (Å²) in [6, 6.07) is 23.7. The molecule has 0 unspecified atom stereocenters. The summed E-state index contributed by atoms with van der Waals surface area (Å²) in [7, 11) is 0. The molecule has 0 saturated carbocycles. The first-order valence-corrected chi connectivity index (χ1v) is 10.2. The number of nitrogens with one attached hydrogen (secondary N) is 1. The lowest BCUT2D eigenvalue weighted by Crippen LogP contribution is -2.37. The average molecular weight is 417 g/mol. The Labute approximate surface area is 180 Å². The fraction of sp³-hybridized carbons (Fsp3) is 0.208. The second-order valence-electron chi connectivity index (χ2n) is 7.30. The van der Waals surface area contributed by atoms with Gasteiger partial charge in [-0.25, -0.2) is 0 Å². The molecule has 0 atom stereocenters. The summed E-state index contributed by atoms with van der Waals surface area (Å²) in [5, 5.41) is 14.3. The van der Waals surface area contributed by atoms with Crippen LogP contribution in [0.4, 0.5) is 17.1 Å². The normalized spacial score (nSPS) is 13.8. The molecule has 1 aliphatic rings. The summed E-state index contributed by atoms with van der Waals surface area (Å²) in [5.41, 5.74) is 2.92. The number of ether oxygens (including phenoxy) is 1. The molecule has 4 rings (SSSR count). The van der Waals surface area contributed by atoms with Gasteiger partial charge in [0.2, 0.25) is 5.91 Å². The Morgan fingerprint density at radius 3 is 2.06 bits per heavy atom. The van der Waals surface area contributed by atoms with E-state index in [9.17, 15) is 14.9 Å². The molecule has 31 heavy (non-hydrogen) atoms. The van der Waals surface area contributed by atoms with E-state index in [1.165, 1.54) is 12.1 Å². The van der Waals surface area contributed by atoms with Crippen LogP contribution in [0.1, 0.15) is 17.0 Å². The van der Waals surface area contributed by atoms with Crippen LogP contribution in [0.5, 0.6) is 0 Å². The van der Waals surface area contributed by atoms with E-state index in [0.29, 0.717) is 37.7 Å². The molecule has 0 spiro atoms. The Kier molecular flexibility index (Phi) is 6.24. The number of rotatable bonds is 6. The van der Waals surface area contributed by atoms with Crippen LogP contribution in [0.15, 0.2) is 78.9 Å². The Morgan fingerprint density at radius 2 is 1.52 bits per heavy atom. The molecule has 7 nitrogen and oxygen atoms in total. The molecule has 3 aromatic rings. The maximum Gasteiger partial charge on any atom is 0.271 e. The quantitative estimate of drug-likeness (QED) is 0.480. The molecule has 1 aliphatic heterocycles. The van der Waals surface area contributed by atoms with Crippen molar-refractivity contribution in [1.29, 1.82) is 0 Å². The van der Waals surface area contributed by atoms with Crippen molar-refractivity contribution < 1.29 is 14.5 Å². The van der Waals surface area contributed by atoms with Gasteiger partial charge in [-0.05, 0) is 17.2 Å². The lowest BCUT2D eigenvalue weighted by molar-refractivity contribution is -0.384. The van der Waals surface area contributed by atoms with Crippen molar-refractivity contribution in [3.8, 4) is 0 Å². The largest absolute Gasteiger partial charge is 0.378 e. The van der Waals surface area contributed by atoms with Crippen LogP contribution < -0.4 is 10.2 Å². The van der Waals surface area contributed by atoms with Crippen molar-refractivity contribution in [2.75, 3.05) is 36.5 Å². The number of morpholine rings is 1. The van der Waals surface area contributed by atoms with Crippen molar-refractivity contribution in [3.63, 3.8) is 0 Å². The summed E-state index contributed by atoms with van der Waals surface area (Å²) in [4.78, 5) is 26.4. The van der Waals surface area contributed by atoms with E-state index in [4.69, 9.17) is 4.74 Å². The van der Waals surface area contributed by atoms with Gasteiger partial charge in [0, 0.05) is 25.2 Å². The number of carbonyl (C=O) groups is 1. The molecule has 0 aliphatic carbocycles. The minimum atomic E-state index is -0.505. The van der Waals surface area contributed by atoms with Gasteiger partial charge in [0.05, 0.1) is 35.4 Å². The van der Waals surface area contributed by atoms with Gasteiger partial charge >= 0.3 is 0 Å². The lowest BCUT2D eigenvalue weighted by Gasteiger charge is -2.30. The first-order valence-electron chi connectivity index (χ1n) is 10.2. The molecule has 1 saturated heterocycles. The van der Waals surface area contributed by atoms with Crippen LogP contribution in [-0.4, -0.2) is 37.1 Å². The van der Waals surface area contributed by atoms with Crippen molar-refractivity contribution in [3.05, 3.63) is 100 Å². The second-order valence-corrected chi connectivity index (χ2v) is 7.30. The minimum absolute atomic E-state index is 0.0119. The minimum Gasteiger partial charge on any atom is -0.378 e. The summed E-state index contributed by atoms with van der Waals surface area (Å²) in [6.07, 6.45) is 0. The third-order valence-electron chi connectivity index (χ3n) is 5.33. The first kappa shape index (κ1) is 20.6. The zero-order valence-electron chi connectivity index (χ0n) is 16.9. The summed E-state index contributed by atoms with van der Waals surface area (Å²) in [5.74, 6) is -0.698. The third-order valence-corrected chi connectivity index (χ3v) is 5.33. The van der Waals surface area contributed by atoms with Crippen LogP contribution in [0.2, 0.25) is 0 Å². The Morgan fingerprint density at radius 1 is 0.935 bits per heavy atom. The lowest BCUT2D eigenvalue weighted by atomic mass is 9.90. The van der Waals surface area contributed by atoms with Gasteiger partial charge in [0.15, 0.2) is 0 Å². The molecule has 0 radical (unpaired) electrons. The summed E-state index contributed by atoms with van der Waals surface area (Å²) in [6.45, 7) is 2.27. The van der Waals surface area contributed by atoms with E-state index in [2.05, 4.69) is 5.32 Å². The van der Waals surface area contributed by atoms with Gasteiger partial charge in [-0.1, -0.05) is 60.7 Å². The molecule has 1 N–H and O–H groups in total. The maximum absolute atomic E-state index is 13.5. The molecule has 3 aromatic carbocycles. The zero-order chi connectivity index (χ0) is 21.6. The smallest absolute Gasteiger partial charge is 0.271 e. The predicted octanol–water partition coefficient (Wildman–Crippen LogP) is 4.20. The number of non-ortho nitro benzene ring substituents is 1. The van der Waals surface area contributed by atoms with Gasteiger partial charge in [-0.2, -0.15) is 0 Å². The molecule has 7 heteroatoms. The number of hydrogen-bond acceptors (Lipinski definition) is 5. The fourth-order valence-electron chi connectivity index (χ4n) is 3.80. The number of nitrogens with zero attached hydrogens (tertiary/aromatic N) is 2. The SMILES string of the molecule is O=C(Nc1ccc([N+](=O)[O-])cc1N1CCOCC1)C(c1ccccc1)c1ccccc1. The third kappa shape index (κ3) is 4.73. The maximum atomic E-state index is 13.5. The molecule has 0 bridgehead atoms. The molecule has 158 valence electrons. The van der Waals surface area contributed by atoms with Crippen LogP contribution in [0.25, 0.3) is 0 Å². The number of anilines is 2. The van der Waals surface area contributed by atoms with Crippen molar-refractivity contribution in [2.24, 2.45) is 0 Å². The Bertz CT molecular complexity index is 1010. The van der Waals surface area contributed by atoms with Crippen molar-refractivity contribution in [2.45, 2.75) is 5.92 Å². The Hall–Kier alpha value is -3.71. The number of nitro groups is 1. The highest BCUT2D eigenvalue weighted by atomic mass is 16.6. The van der Waals surface area contributed by atoms with Crippen molar-refractivity contribution >= 4 is 23.0 Å². The number of amides is 1.